The third kappa shape index (κ3) is 2.26. The van der Waals surface area contributed by atoms with Crippen LogP contribution in [0.2, 0.25) is 0 Å². The van der Waals surface area contributed by atoms with Gasteiger partial charge in [-0.15, -0.1) is 0 Å². The first-order valence-corrected chi connectivity index (χ1v) is 10.2. The molecule has 4 rings (SSSR count). The van der Waals surface area contributed by atoms with Crippen molar-refractivity contribution in [2.45, 2.75) is 57.8 Å². The van der Waals surface area contributed by atoms with E-state index >= 15 is 0 Å². The number of benzene rings is 1. The smallest absolute Gasteiger partial charge is 0.217 e. The Bertz CT molecular complexity index is 970. The molecule has 2 heterocycles. The highest BCUT2D eigenvalue weighted by molar-refractivity contribution is 5.89. The maximum absolute atomic E-state index is 10.4. The van der Waals surface area contributed by atoms with E-state index in [1.54, 1.807) is 0 Å². The number of ether oxygens (including phenoxy) is 2. The summed E-state index contributed by atoms with van der Waals surface area (Å²) < 4.78 is 12.5. The van der Waals surface area contributed by atoms with Crippen LogP contribution in [0.4, 0.5) is 0 Å². The molecule has 2 aliphatic heterocycles. The Kier molecular flexibility index (Phi) is 4.41. The molecule has 1 aromatic rings. The van der Waals surface area contributed by atoms with Gasteiger partial charge in [-0.3, -0.25) is 5.41 Å². The van der Waals surface area contributed by atoms with Crippen molar-refractivity contribution in [1.82, 2.24) is 0 Å². The molecule has 6 heteroatoms. The van der Waals surface area contributed by atoms with E-state index < -0.39 is 28.6 Å². The van der Waals surface area contributed by atoms with E-state index in [0.717, 1.165) is 24.8 Å². The van der Waals surface area contributed by atoms with Crippen LogP contribution in [0.1, 0.15) is 56.3 Å². The Morgan fingerprint density at radius 1 is 1.17 bits per heavy atom. The summed E-state index contributed by atoms with van der Waals surface area (Å²) in [5, 5.41) is 39.6. The second-order valence-corrected chi connectivity index (χ2v) is 8.53. The zero-order chi connectivity index (χ0) is 20.9. The minimum absolute atomic E-state index is 0.290. The standard InChI is InChI=1S/C23H24N4O2/c1-3-6-16-9-10-23-18(11-16)22(14-26,20(27)29-23)21(12-24,13-25)19(28-23)17-8-5-4-7-15(17)2/h4-5,7-8,16,18-19,27H,3,6,9-11H2,1-2H3. The molecule has 0 amide bonds. The lowest BCUT2D eigenvalue weighted by Gasteiger charge is -2.53. The van der Waals surface area contributed by atoms with Gasteiger partial charge < -0.3 is 9.47 Å². The van der Waals surface area contributed by atoms with E-state index in [1.165, 1.54) is 0 Å². The molecule has 0 spiro atoms. The van der Waals surface area contributed by atoms with Gasteiger partial charge in [-0.2, -0.15) is 15.8 Å². The van der Waals surface area contributed by atoms with E-state index in [1.807, 2.05) is 31.2 Å². The van der Waals surface area contributed by atoms with Gasteiger partial charge in [0, 0.05) is 6.42 Å². The van der Waals surface area contributed by atoms with Gasteiger partial charge in [0.2, 0.25) is 17.1 Å². The van der Waals surface area contributed by atoms with Gasteiger partial charge in [-0.05, 0) is 36.8 Å². The first-order valence-electron chi connectivity index (χ1n) is 10.2. The highest BCUT2D eigenvalue weighted by Gasteiger charge is 2.80. The zero-order valence-electron chi connectivity index (χ0n) is 16.7. The highest BCUT2D eigenvalue weighted by Crippen LogP contribution is 2.70. The lowest BCUT2D eigenvalue weighted by Crippen LogP contribution is -2.61. The molecule has 1 saturated carbocycles. The summed E-state index contributed by atoms with van der Waals surface area (Å²) in [6.07, 6.45) is 3.13. The van der Waals surface area contributed by atoms with E-state index in [2.05, 4.69) is 25.1 Å². The fraction of sp³-hybridized carbons (Fsp3) is 0.565. The van der Waals surface area contributed by atoms with Crippen LogP contribution in [0.3, 0.4) is 0 Å². The Balaban J connectivity index is 1.95. The average Bonchev–Trinajstić information content (AvgIpc) is 2.93. The summed E-state index contributed by atoms with van der Waals surface area (Å²) in [4.78, 5) is 0. The average molecular weight is 388 g/mol. The van der Waals surface area contributed by atoms with Gasteiger partial charge in [-0.1, -0.05) is 44.0 Å². The van der Waals surface area contributed by atoms with Crippen molar-refractivity contribution < 1.29 is 9.47 Å². The molecule has 3 aliphatic rings. The molecule has 5 unspecified atom stereocenters. The molecule has 0 aromatic heterocycles. The number of nitrogens with one attached hydrogen (secondary N) is 1. The predicted octanol–water partition coefficient (Wildman–Crippen LogP) is 4.53. The summed E-state index contributed by atoms with van der Waals surface area (Å²) in [6.45, 7) is 4.02. The topological polar surface area (TPSA) is 114 Å². The Hall–Kier alpha value is -2.88. The third-order valence-corrected chi connectivity index (χ3v) is 7.19. The maximum Gasteiger partial charge on any atom is 0.217 e. The van der Waals surface area contributed by atoms with E-state index in [4.69, 9.17) is 14.9 Å². The van der Waals surface area contributed by atoms with Gasteiger partial charge in [-0.25, -0.2) is 0 Å². The lowest BCUT2D eigenvalue weighted by atomic mass is 9.50. The van der Waals surface area contributed by atoms with Crippen LogP contribution in [0.25, 0.3) is 0 Å². The molecule has 29 heavy (non-hydrogen) atoms. The van der Waals surface area contributed by atoms with Gasteiger partial charge in [0.1, 0.15) is 6.10 Å². The van der Waals surface area contributed by atoms with E-state index in [-0.39, 0.29) is 5.90 Å². The monoisotopic (exact) mass is 388 g/mol. The highest BCUT2D eigenvalue weighted by atomic mass is 16.7. The van der Waals surface area contributed by atoms with Crippen molar-refractivity contribution in [3.63, 3.8) is 0 Å². The molecule has 3 fully saturated rings. The summed E-state index contributed by atoms with van der Waals surface area (Å²) in [5.74, 6) is -1.55. The molecule has 1 N–H and O–H groups in total. The molecule has 2 saturated heterocycles. The number of rotatable bonds is 3. The minimum atomic E-state index is -1.86. The molecule has 0 radical (unpaired) electrons. The number of nitriles is 3. The molecule has 5 atom stereocenters. The normalized spacial score (nSPS) is 36.8. The third-order valence-electron chi connectivity index (χ3n) is 7.19. The van der Waals surface area contributed by atoms with Crippen molar-refractivity contribution in [3.8, 4) is 18.2 Å². The summed E-state index contributed by atoms with van der Waals surface area (Å²) in [7, 11) is 0. The molecule has 6 nitrogen and oxygen atoms in total. The second-order valence-electron chi connectivity index (χ2n) is 8.53. The summed E-state index contributed by atoms with van der Waals surface area (Å²) >= 11 is 0. The Morgan fingerprint density at radius 3 is 2.52 bits per heavy atom. The quantitative estimate of drug-likeness (QED) is 0.817. The summed E-state index contributed by atoms with van der Waals surface area (Å²) in [5.41, 5.74) is -1.93. The van der Waals surface area contributed by atoms with Crippen molar-refractivity contribution in [3.05, 3.63) is 35.4 Å². The largest absolute Gasteiger partial charge is 0.447 e. The molecule has 1 aromatic carbocycles. The molecule has 2 bridgehead atoms. The van der Waals surface area contributed by atoms with E-state index in [0.29, 0.717) is 24.3 Å². The second kappa shape index (κ2) is 6.58. The van der Waals surface area contributed by atoms with Crippen LogP contribution in [-0.2, 0) is 9.47 Å². The van der Waals surface area contributed by atoms with Crippen LogP contribution in [0.5, 0.6) is 0 Å². The molecule has 1 aliphatic carbocycles. The Morgan fingerprint density at radius 2 is 1.90 bits per heavy atom. The van der Waals surface area contributed by atoms with Crippen LogP contribution < -0.4 is 0 Å². The van der Waals surface area contributed by atoms with Crippen molar-refractivity contribution in [1.29, 1.82) is 21.2 Å². The first kappa shape index (κ1) is 19.4. The summed E-state index contributed by atoms with van der Waals surface area (Å²) in [6, 6.07) is 14.0. The maximum atomic E-state index is 10.4. The van der Waals surface area contributed by atoms with Crippen molar-refractivity contribution in [2.24, 2.45) is 22.7 Å². The van der Waals surface area contributed by atoms with Crippen LogP contribution >= 0.6 is 0 Å². The zero-order valence-corrected chi connectivity index (χ0v) is 16.7. The molecule has 148 valence electrons. The fourth-order valence-electron chi connectivity index (χ4n) is 5.75. The number of hydrogen-bond donors (Lipinski definition) is 1. The van der Waals surface area contributed by atoms with Gasteiger partial charge in [0.25, 0.3) is 0 Å². The number of aryl methyl sites for hydroxylation is 1. The first-order chi connectivity index (χ1) is 13.9. The van der Waals surface area contributed by atoms with Gasteiger partial charge >= 0.3 is 0 Å². The minimum Gasteiger partial charge on any atom is -0.447 e. The van der Waals surface area contributed by atoms with Crippen LogP contribution in [-0.4, -0.2) is 11.7 Å². The number of hydrogen-bond acceptors (Lipinski definition) is 6. The van der Waals surface area contributed by atoms with Crippen LogP contribution in [0.15, 0.2) is 24.3 Å². The Labute approximate surface area is 171 Å². The van der Waals surface area contributed by atoms with Gasteiger partial charge in [0.15, 0.2) is 5.41 Å². The fourth-order valence-corrected chi connectivity index (χ4v) is 5.75. The van der Waals surface area contributed by atoms with Crippen LogP contribution in [0, 0.1) is 69.0 Å². The van der Waals surface area contributed by atoms with E-state index in [9.17, 15) is 15.8 Å². The molecular formula is C23H24N4O2. The SMILES string of the molecule is CCCC1CCC23OC(=N)C(C#N)(C2C1)C(C#N)(C#N)C(c1ccccc1C)O3. The lowest BCUT2D eigenvalue weighted by molar-refractivity contribution is -0.299. The number of nitrogens with zero attached hydrogens (tertiary/aromatic N) is 3. The van der Waals surface area contributed by atoms with Gasteiger partial charge in [0.05, 0.1) is 24.1 Å². The van der Waals surface area contributed by atoms with Crippen molar-refractivity contribution in [2.75, 3.05) is 0 Å². The molecular weight excluding hydrogens is 364 g/mol. The predicted molar refractivity (Wildman–Crippen MR) is 104 cm³/mol. The van der Waals surface area contributed by atoms with Crippen molar-refractivity contribution >= 4 is 5.90 Å².